The number of benzene rings is 1. The Morgan fingerprint density at radius 3 is 2.68 bits per heavy atom. The predicted molar refractivity (Wildman–Crippen MR) is 94.8 cm³/mol. The number of carbonyl (C=O) groups is 1. The Bertz CT molecular complexity index is 795. The number of rotatable bonds is 8. The fourth-order valence-corrected chi connectivity index (χ4v) is 2.63. The zero-order chi connectivity index (χ0) is 17.3. The summed E-state index contributed by atoms with van der Waals surface area (Å²) in [4.78, 5) is 20.2. The van der Waals surface area contributed by atoms with Crippen molar-refractivity contribution in [2.24, 2.45) is 0 Å². The van der Waals surface area contributed by atoms with E-state index in [2.05, 4.69) is 25.2 Å². The maximum atomic E-state index is 12.1. The van der Waals surface area contributed by atoms with Crippen LogP contribution in [-0.2, 0) is 0 Å². The van der Waals surface area contributed by atoms with Crippen LogP contribution in [0.1, 0.15) is 16.9 Å². The Hall–Kier alpha value is -2.71. The number of carbonyl (C=O) groups excluding carboxylic acids is 1. The van der Waals surface area contributed by atoms with E-state index in [4.69, 9.17) is 4.52 Å². The summed E-state index contributed by atoms with van der Waals surface area (Å²) in [6, 6.07) is 13.0. The molecule has 0 saturated heterocycles. The van der Waals surface area contributed by atoms with E-state index in [1.54, 1.807) is 24.5 Å². The summed E-state index contributed by atoms with van der Waals surface area (Å²) in [5, 5.41) is 7.31. The fourth-order valence-electron chi connectivity index (χ4n) is 2.03. The molecular weight excluding hydrogens is 338 g/mol. The van der Waals surface area contributed by atoms with Gasteiger partial charge < -0.3 is 9.84 Å². The van der Waals surface area contributed by atoms with E-state index in [0.717, 1.165) is 18.5 Å². The Labute approximate surface area is 149 Å². The van der Waals surface area contributed by atoms with Crippen LogP contribution in [0.5, 0.6) is 0 Å². The molecule has 2 heterocycles. The second-order valence-corrected chi connectivity index (χ2v) is 5.94. The van der Waals surface area contributed by atoms with Gasteiger partial charge in [-0.2, -0.15) is 0 Å². The summed E-state index contributed by atoms with van der Waals surface area (Å²) in [5.41, 5.74) is 1.16. The van der Waals surface area contributed by atoms with E-state index in [0.29, 0.717) is 17.5 Å². The van der Waals surface area contributed by atoms with E-state index in [9.17, 15) is 4.79 Å². The van der Waals surface area contributed by atoms with Gasteiger partial charge in [-0.1, -0.05) is 35.5 Å². The third-order valence-electron chi connectivity index (χ3n) is 3.25. The lowest BCUT2D eigenvalue weighted by Crippen LogP contribution is -2.26. The molecule has 2 aromatic heterocycles. The van der Waals surface area contributed by atoms with Crippen molar-refractivity contribution in [2.45, 2.75) is 11.6 Å². The van der Waals surface area contributed by atoms with Gasteiger partial charge >= 0.3 is 0 Å². The Balaban J connectivity index is 1.37. The van der Waals surface area contributed by atoms with Gasteiger partial charge in [-0.3, -0.25) is 9.52 Å². The van der Waals surface area contributed by atoms with Gasteiger partial charge in [0.1, 0.15) is 0 Å². The SMILES string of the molecule is O=C(NCCCNSc1ncccn1)c1cc(-c2ccccc2)on1. The number of nitrogens with zero attached hydrogens (tertiary/aromatic N) is 3. The number of nitrogens with one attached hydrogen (secondary N) is 2. The Morgan fingerprint density at radius 1 is 1.08 bits per heavy atom. The third kappa shape index (κ3) is 5.13. The number of hydrogen-bond acceptors (Lipinski definition) is 7. The molecule has 0 radical (unpaired) electrons. The highest BCUT2D eigenvalue weighted by molar-refractivity contribution is 7.97. The molecule has 0 unspecified atom stereocenters. The minimum absolute atomic E-state index is 0.245. The maximum absolute atomic E-state index is 12.1. The van der Waals surface area contributed by atoms with E-state index in [1.807, 2.05) is 30.3 Å². The molecule has 8 heteroatoms. The van der Waals surface area contributed by atoms with Gasteiger partial charge in [-0.05, 0) is 24.4 Å². The van der Waals surface area contributed by atoms with Gasteiger partial charge in [0.05, 0.1) is 0 Å². The summed E-state index contributed by atoms with van der Waals surface area (Å²) in [6.45, 7) is 1.26. The molecule has 3 rings (SSSR count). The lowest BCUT2D eigenvalue weighted by atomic mass is 10.1. The summed E-state index contributed by atoms with van der Waals surface area (Å²) < 4.78 is 8.37. The second-order valence-electron chi connectivity index (χ2n) is 5.08. The fraction of sp³-hybridized carbons (Fsp3) is 0.176. The van der Waals surface area contributed by atoms with Crippen LogP contribution in [0.4, 0.5) is 0 Å². The second kappa shape index (κ2) is 8.95. The third-order valence-corrected chi connectivity index (χ3v) is 3.99. The lowest BCUT2D eigenvalue weighted by Gasteiger charge is -2.04. The highest BCUT2D eigenvalue weighted by atomic mass is 32.2. The van der Waals surface area contributed by atoms with E-state index in [-0.39, 0.29) is 11.6 Å². The summed E-state index contributed by atoms with van der Waals surface area (Å²) >= 11 is 1.36. The first-order valence-corrected chi connectivity index (χ1v) is 8.61. The Kier molecular flexibility index (Phi) is 6.13. The number of hydrogen-bond donors (Lipinski definition) is 2. The van der Waals surface area contributed by atoms with Crippen LogP contribution in [-0.4, -0.2) is 34.1 Å². The van der Waals surface area contributed by atoms with Gasteiger partial charge in [-0.25, -0.2) is 9.97 Å². The van der Waals surface area contributed by atoms with Gasteiger partial charge in [0.25, 0.3) is 5.91 Å². The molecule has 0 bridgehead atoms. The van der Waals surface area contributed by atoms with Crippen molar-refractivity contribution in [1.82, 2.24) is 25.2 Å². The van der Waals surface area contributed by atoms with Crippen LogP contribution in [0.2, 0.25) is 0 Å². The summed E-state index contributed by atoms with van der Waals surface area (Å²) in [5.74, 6) is 0.330. The first-order chi connectivity index (χ1) is 12.3. The lowest BCUT2D eigenvalue weighted by molar-refractivity contribution is 0.0944. The minimum Gasteiger partial charge on any atom is -0.355 e. The molecule has 0 spiro atoms. The quantitative estimate of drug-likeness (QED) is 0.364. The van der Waals surface area contributed by atoms with Crippen LogP contribution in [0.15, 0.2) is 64.5 Å². The molecule has 3 aromatic rings. The van der Waals surface area contributed by atoms with Crippen molar-refractivity contribution in [1.29, 1.82) is 0 Å². The molecule has 0 fully saturated rings. The van der Waals surface area contributed by atoms with Crippen LogP contribution in [0, 0.1) is 0 Å². The van der Waals surface area contributed by atoms with E-state index in [1.165, 1.54) is 11.9 Å². The van der Waals surface area contributed by atoms with Gasteiger partial charge in [0.15, 0.2) is 11.5 Å². The average molecular weight is 355 g/mol. The summed E-state index contributed by atoms with van der Waals surface area (Å²) in [6.07, 6.45) is 4.16. The van der Waals surface area contributed by atoms with E-state index < -0.39 is 0 Å². The molecule has 0 saturated carbocycles. The molecule has 0 aliphatic carbocycles. The monoisotopic (exact) mass is 355 g/mol. The molecule has 1 amide bonds. The van der Waals surface area contributed by atoms with Crippen molar-refractivity contribution >= 4 is 17.9 Å². The average Bonchev–Trinajstić information content (AvgIpc) is 3.16. The van der Waals surface area contributed by atoms with Gasteiger partial charge in [-0.15, -0.1) is 0 Å². The van der Waals surface area contributed by atoms with E-state index >= 15 is 0 Å². The molecule has 2 N–H and O–H groups in total. The molecule has 25 heavy (non-hydrogen) atoms. The molecule has 7 nitrogen and oxygen atoms in total. The van der Waals surface area contributed by atoms with Gasteiger partial charge in [0.2, 0.25) is 5.16 Å². The van der Waals surface area contributed by atoms with Crippen molar-refractivity contribution in [3.63, 3.8) is 0 Å². The van der Waals surface area contributed by atoms with Crippen molar-refractivity contribution < 1.29 is 9.32 Å². The predicted octanol–water partition coefficient (Wildman–Crippen LogP) is 2.55. The van der Waals surface area contributed by atoms with Crippen molar-refractivity contribution in [2.75, 3.05) is 13.1 Å². The molecule has 128 valence electrons. The molecule has 1 aromatic carbocycles. The van der Waals surface area contributed by atoms with Crippen LogP contribution < -0.4 is 10.0 Å². The number of amides is 1. The first kappa shape index (κ1) is 17.1. The molecule has 0 atom stereocenters. The molecular formula is C17H17N5O2S. The largest absolute Gasteiger partial charge is 0.355 e. The van der Waals surface area contributed by atoms with Gasteiger partial charge in [0, 0.05) is 37.1 Å². The Morgan fingerprint density at radius 2 is 1.88 bits per heavy atom. The minimum atomic E-state index is -0.245. The van der Waals surface area contributed by atoms with Crippen LogP contribution >= 0.6 is 11.9 Å². The summed E-state index contributed by atoms with van der Waals surface area (Å²) in [7, 11) is 0. The first-order valence-electron chi connectivity index (χ1n) is 7.80. The molecule has 0 aliphatic heterocycles. The highest BCUT2D eigenvalue weighted by Gasteiger charge is 2.12. The zero-order valence-electron chi connectivity index (χ0n) is 13.4. The van der Waals surface area contributed by atoms with Crippen molar-refractivity contribution in [3.8, 4) is 11.3 Å². The highest BCUT2D eigenvalue weighted by Crippen LogP contribution is 2.19. The number of aromatic nitrogens is 3. The maximum Gasteiger partial charge on any atom is 0.273 e. The normalized spacial score (nSPS) is 10.6. The van der Waals surface area contributed by atoms with Crippen molar-refractivity contribution in [3.05, 3.63) is 60.6 Å². The smallest absolute Gasteiger partial charge is 0.273 e. The molecule has 0 aliphatic rings. The standard InChI is InChI=1S/C17H17N5O2S/c23-16(14-12-15(24-22-14)13-6-2-1-3-7-13)18-8-5-11-21-25-17-19-9-4-10-20-17/h1-4,6-7,9-10,12,21H,5,8,11H2,(H,18,23). The van der Waals surface area contributed by atoms with Crippen LogP contribution in [0.3, 0.4) is 0 Å². The topological polar surface area (TPSA) is 92.9 Å². The van der Waals surface area contributed by atoms with Crippen LogP contribution in [0.25, 0.3) is 11.3 Å². The zero-order valence-corrected chi connectivity index (χ0v) is 14.2.